The summed E-state index contributed by atoms with van der Waals surface area (Å²) in [6.45, 7) is 3.21. The molecule has 0 radical (unpaired) electrons. The van der Waals surface area contributed by atoms with Crippen molar-refractivity contribution >= 4 is 17.2 Å². The van der Waals surface area contributed by atoms with Gasteiger partial charge in [0, 0.05) is 24.0 Å². The number of nitrogens with zero attached hydrogens (tertiary/aromatic N) is 1. The normalized spacial score (nSPS) is 30.5. The summed E-state index contributed by atoms with van der Waals surface area (Å²) in [7, 11) is 0. The second-order valence-electron chi connectivity index (χ2n) is 5.72. The van der Waals surface area contributed by atoms with Crippen LogP contribution in [0.5, 0.6) is 0 Å². The molecule has 2 aliphatic rings. The molecule has 2 heterocycles. The lowest BCUT2D eigenvalue weighted by Crippen LogP contribution is -2.37. The van der Waals surface area contributed by atoms with E-state index in [1.165, 1.54) is 11.3 Å². The van der Waals surface area contributed by atoms with Crippen molar-refractivity contribution in [2.45, 2.75) is 25.4 Å². The number of carbonyl (C=O) groups is 1. The van der Waals surface area contributed by atoms with E-state index < -0.39 is 0 Å². The summed E-state index contributed by atoms with van der Waals surface area (Å²) in [6, 6.07) is 4.41. The van der Waals surface area contributed by atoms with Crippen LogP contribution in [0.1, 0.15) is 17.7 Å². The molecule has 1 aliphatic heterocycles. The Labute approximate surface area is 118 Å². The van der Waals surface area contributed by atoms with E-state index in [0.717, 1.165) is 25.4 Å². The van der Waals surface area contributed by atoms with Crippen LogP contribution in [-0.2, 0) is 11.3 Å². The van der Waals surface area contributed by atoms with Crippen LogP contribution in [0, 0.1) is 11.8 Å². The zero-order chi connectivity index (χ0) is 13.2. The third-order valence-electron chi connectivity index (χ3n) is 4.40. The minimum absolute atomic E-state index is 0.127. The Morgan fingerprint density at radius 2 is 2.37 bits per heavy atom. The van der Waals surface area contributed by atoms with Gasteiger partial charge in [-0.15, -0.1) is 11.3 Å². The van der Waals surface area contributed by atoms with Crippen LogP contribution in [-0.4, -0.2) is 36.5 Å². The molecule has 0 bridgehead atoms. The molecule has 4 nitrogen and oxygen atoms in total. The molecule has 3 unspecified atom stereocenters. The standard InChI is InChI=1S/C14H21N3OS/c15-13-4-3-10-7-17(8-12(10)13)9-14(18)16-6-11-2-1-5-19-11/h1-2,5,10,12-13H,3-4,6-9,15H2,(H,16,18). The lowest BCUT2D eigenvalue weighted by Gasteiger charge is -2.17. The van der Waals surface area contributed by atoms with E-state index in [2.05, 4.69) is 10.2 Å². The van der Waals surface area contributed by atoms with Crippen molar-refractivity contribution in [3.8, 4) is 0 Å². The molecular formula is C14H21N3OS. The Balaban J connectivity index is 1.43. The summed E-state index contributed by atoms with van der Waals surface area (Å²) in [6.07, 6.45) is 2.40. The van der Waals surface area contributed by atoms with Crippen LogP contribution < -0.4 is 11.1 Å². The van der Waals surface area contributed by atoms with Crippen molar-refractivity contribution in [3.63, 3.8) is 0 Å². The first-order valence-electron chi connectivity index (χ1n) is 6.99. The molecule has 1 aromatic rings. The summed E-state index contributed by atoms with van der Waals surface area (Å²) in [4.78, 5) is 15.4. The molecule has 1 aliphatic carbocycles. The maximum atomic E-state index is 11.9. The highest BCUT2D eigenvalue weighted by Gasteiger charge is 2.41. The Morgan fingerprint density at radius 1 is 1.47 bits per heavy atom. The number of hydrogen-bond acceptors (Lipinski definition) is 4. The topological polar surface area (TPSA) is 58.4 Å². The second kappa shape index (κ2) is 5.61. The van der Waals surface area contributed by atoms with E-state index in [0.29, 0.717) is 25.0 Å². The number of likely N-dealkylation sites (tertiary alicyclic amines) is 1. The molecule has 0 spiro atoms. The van der Waals surface area contributed by atoms with Gasteiger partial charge in [-0.1, -0.05) is 6.07 Å². The van der Waals surface area contributed by atoms with Gasteiger partial charge in [-0.05, 0) is 36.1 Å². The highest BCUT2D eigenvalue weighted by Crippen LogP contribution is 2.36. The number of carbonyl (C=O) groups excluding carboxylic acids is 1. The molecule has 104 valence electrons. The number of nitrogens with two attached hydrogens (primary N) is 1. The first kappa shape index (κ1) is 13.1. The van der Waals surface area contributed by atoms with E-state index in [4.69, 9.17) is 5.73 Å². The molecule has 3 N–H and O–H groups in total. The van der Waals surface area contributed by atoms with E-state index in [1.54, 1.807) is 11.3 Å². The molecule has 2 fully saturated rings. The van der Waals surface area contributed by atoms with Gasteiger partial charge in [0.1, 0.15) is 0 Å². The maximum Gasteiger partial charge on any atom is 0.234 e. The van der Waals surface area contributed by atoms with Crippen LogP contribution >= 0.6 is 11.3 Å². The van der Waals surface area contributed by atoms with Crippen LogP contribution in [0.3, 0.4) is 0 Å². The molecular weight excluding hydrogens is 258 g/mol. The molecule has 19 heavy (non-hydrogen) atoms. The summed E-state index contributed by atoms with van der Waals surface area (Å²) in [5.74, 6) is 1.46. The molecule has 0 aromatic carbocycles. The molecule has 1 saturated carbocycles. The van der Waals surface area contributed by atoms with Gasteiger partial charge in [0.2, 0.25) is 5.91 Å². The minimum atomic E-state index is 0.127. The molecule has 1 amide bonds. The number of fused-ring (bicyclic) bond motifs is 1. The summed E-state index contributed by atoms with van der Waals surface area (Å²) >= 11 is 1.68. The fraction of sp³-hybridized carbons (Fsp3) is 0.643. The largest absolute Gasteiger partial charge is 0.350 e. The molecule has 3 rings (SSSR count). The first-order chi connectivity index (χ1) is 9.22. The minimum Gasteiger partial charge on any atom is -0.350 e. The van der Waals surface area contributed by atoms with Crippen LogP contribution in [0.25, 0.3) is 0 Å². The average molecular weight is 279 g/mol. The smallest absolute Gasteiger partial charge is 0.234 e. The van der Waals surface area contributed by atoms with Gasteiger partial charge in [-0.25, -0.2) is 0 Å². The third kappa shape index (κ3) is 2.99. The number of amides is 1. The predicted octanol–water partition coefficient (Wildman–Crippen LogP) is 1.03. The highest BCUT2D eigenvalue weighted by molar-refractivity contribution is 7.09. The van der Waals surface area contributed by atoms with Crippen molar-refractivity contribution in [2.24, 2.45) is 17.6 Å². The Hall–Kier alpha value is -0.910. The molecule has 1 aromatic heterocycles. The Kier molecular flexibility index (Phi) is 3.86. The van der Waals surface area contributed by atoms with E-state index >= 15 is 0 Å². The van der Waals surface area contributed by atoms with Gasteiger partial charge in [0.25, 0.3) is 0 Å². The van der Waals surface area contributed by atoms with E-state index in [1.807, 2.05) is 17.5 Å². The van der Waals surface area contributed by atoms with Crippen molar-refractivity contribution < 1.29 is 4.79 Å². The maximum absolute atomic E-state index is 11.9. The first-order valence-corrected chi connectivity index (χ1v) is 7.87. The number of hydrogen-bond donors (Lipinski definition) is 2. The quantitative estimate of drug-likeness (QED) is 0.865. The van der Waals surface area contributed by atoms with Crippen molar-refractivity contribution in [1.29, 1.82) is 0 Å². The Morgan fingerprint density at radius 3 is 3.11 bits per heavy atom. The number of rotatable bonds is 4. The van der Waals surface area contributed by atoms with Crippen LogP contribution in [0.4, 0.5) is 0 Å². The zero-order valence-corrected chi connectivity index (χ0v) is 11.9. The van der Waals surface area contributed by atoms with Gasteiger partial charge in [0.05, 0.1) is 13.1 Å². The van der Waals surface area contributed by atoms with E-state index in [-0.39, 0.29) is 5.91 Å². The third-order valence-corrected chi connectivity index (χ3v) is 5.27. The van der Waals surface area contributed by atoms with Crippen molar-refractivity contribution in [1.82, 2.24) is 10.2 Å². The Bertz CT molecular complexity index is 434. The fourth-order valence-electron chi connectivity index (χ4n) is 3.39. The van der Waals surface area contributed by atoms with Gasteiger partial charge >= 0.3 is 0 Å². The van der Waals surface area contributed by atoms with E-state index in [9.17, 15) is 4.79 Å². The number of thiophene rings is 1. The average Bonchev–Trinajstić information content (AvgIpc) is 3.07. The SMILES string of the molecule is NC1CCC2CN(CC(=O)NCc3cccs3)CC12. The van der Waals surface area contributed by atoms with Crippen LogP contribution in [0.2, 0.25) is 0 Å². The summed E-state index contributed by atoms with van der Waals surface area (Å²) in [5.41, 5.74) is 6.11. The fourth-order valence-corrected chi connectivity index (χ4v) is 4.03. The predicted molar refractivity (Wildman–Crippen MR) is 76.8 cm³/mol. The summed E-state index contributed by atoms with van der Waals surface area (Å²) in [5, 5.41) is 5.02. The van der Waals surface area contributed by atoms with Gasteiger partial charge in [0.15, 0.2) is 0 Å². The van der Waals surface area contributed by atoms with Crippen molar-refractivity contribution in [3.05, 3.63) is 22.4 Å². The van der Waals surface area contributed by atoms with Gasteiger partial charge in [-0.3, -0.25) is 9.69 Å². The molecule has 3 atom stereocenters. The monoisotopic (exact) mass is 279 g/mol. The van der Waals surface area contributed by atoms with Crippen molar-refractivity contribution in [2.75, 3.05) is 19.6 Å². The summed E-state index contributed by atoms with van der Waals surface area (Å²) < 4.78 is 0. The van der Waals surface area contributed by atoms with Gasteiger partial charge < -0.3 is 11.1 Å². The molecule has 5 heteroatoms. The van der Waals surface area contributed by atoms with Crippen LogP contribution in [0.15, 0.2) is 17.5 Å². The van der Waals surface area contributed by atoms with Gasteiger partial charge in [-0.2, -0.15) is 0 Å². The second-order valence-corrected chi connectivity index (χ2v) is 6.75. The lowest BCUT2D eigenvalue weighted by atomic mass is 9.98. The zero-order valence-electron chi connectivity index (χ0n) is 11.0. The lowest BCUT2D eigenvalue weighted by molar-refractivity contribution is -0.122. The molecule has 1 saturated heterocycles. The number of nitrogens with one attached hydrogen (secondary N) is 1. The highest BCUT2D eigenvalue weighted by atomic mass is 32.1.